The lowest BCUT2D eigenvalue weighted by atomic mass is 9.66. The number of carboxylic acids is 1. The van der Waals surface area contributed by atoms with Crippen LogP contribution >= 0.6 is 0 Å². The van der Waals surface area contributed by atoms with E-state index in [4.69, 9.17) is 4.74 Å². The van der Waals surface area contributed by atoms with Crippen molar-refractivity contribution in [2.75, 3.05) is 0 Å². The first kappa shape index (κ1) is 10.5. The smallest absolute Gasteiger partial charge is 0.309 e. The number of rotatable bonds is 1. The van der Waals surface area contributed by atoms with Gasteiger partial charge in [-0.15, -0.1) is 0 Å². The summed E-state index contributed by atoms with van der Waals surface area (Å²) in [5, 5.41) is 9.19. The SMILES string of the molecule is CC1CCC2C(=O)OC(C)C2C1C(=O)O. The van der Waals surface area contributed by atoms with Crippen molar-refractivity contribution in [1.29, 1.82) is 0 Å². The number of fused-ring (bicyclic) bond motifs is 1. The molecule has 5 unspecified atom stereocenters. The lowest BCUT2D eigenvalue weighted by Gasteiger charge is -2.34. The van der Waals surface area contributed by atoms with Gasteiger partial charge >= 0.3 is 11.9 Å². The fourth-order valence-corrected chi connectivity index (χ4v) is 3.10. The van der Waals surface area contributed by atoms with Gasteiger partial charge in [0.1, 0.15) is 6.10 Å². The Labute approximate surface area is 88.6 Å². The number of ether oxygens (including phenoxy) is 1. The van der Waals surface area contributed by atoms with E-state index in [1.807, 2.05) is 6.92 Å². The van der Waals surface area contributed by atoms with Crippen LogP contribution in [0.25, 0.3) is 0 Å². The van der Waals surface area contributed by atoms with Crippen LogP contribution in [0.1, 0.15) is 26.7 Å². The monoisotopic (exact) mass is 212 g/mol. The molecule has 1 aliphatic heterocycles. The van der Waals surface area contributed by atoms with Crippen molar-refractivity contribution in [2.45, 2.75) is 32.8 Å². The minimum Gasteiger partial charge on any atom is -0.481 e. The zero-order valence-electron chi connectivity index (χ0n) is 8.97. The molecule has 84 valence electrons. The number of cyclic esters (lactones) is 1. The maximum atomic E-state index is 11.5. The van der Waals surface area contributed by atoms with Crippen LogP contribution in [0.5, 0.6) is 0 Å². The molecule has 0 aromatic heterocycles. The first-order chi connectivity index (χ1) is 7.02. The van der Waals surface area contributed by atoms with Crippen molar-refractivity contribution in [2.24, 2.45) is 23.7 Å². The average molecular weight is 212 g/mol. The molecule has 0 aromatic carbocycles. The summed E-state index contributed by atoms with van der Waals surface area (Å²) in [6.07, 6.45) is 1.34. The molecule has 1 saturated carbocycles. The van der Waals surface area contributed by atoms with Crippen LogP contribution in [0.3, 0.4) is 0 Å². The molecule has 0 radical (unpaired) electrons. The molecule has 4 nitrogen and oxygen atoms in total. The summed E-state index contributed by atoms with van der Waals surface area (Å²) in [4.78, 5) is 22.7. The zero-order valence-corrected chi connectivity index (χ0v) is 8.97. The van der Waals surface area contributed by atoms with E-state index in [-0.39, 0.29) is 29.8 Å². The van der Waals surface area contributed by atoms with E-state index >= 15 is 0 Å². The molecular formula is C11H16O4. The van der Waals surface area contributed by atoms with E-state index in [0.29, 0.717) is 0 Å². The summed E-state index contributed by atoms with van der Waals surface area (Å²) < 4.78 is 5.13. The Bertz CT molecular complexity index is 299. The van der Waals surface area contributed by atoms with Crippen LogP contribution < -0.4 is 0 Å². The minimum atomic E-state index is -0.789. The molecule has 1 saturated heterocycles. The molecule has 4 heteroatoms. The molecule has 0 aromatic rings. The molecule has 5 atom stereocenters. The third-order valence-corrected chi connectivity index (χ3v) is 3.86. The van der Waals surface area contributed by atoms with E-state index < -0.39 is 11.9 Å². The molecule has 1 aliphatic carbocycles. The number of hydrogen-bond donors (Lipinski definition) is 1. The minimum absolute atomic E-state index is 0.126. The zero-order chi connectivity index (χ0) is 11.2. The normalized spacial score (nSPS) is 44.7. The Morgan fingerprint density at radius 3 is 2.67 bits per heavy atom. The van der Waals surface area contributed by atoms with E-state index in [2.05, 4.69) is 0 Å². The van der Waals surface area contributed by atoms with Crippen LogP contribution in [0.4, 0.5) is 0 Å². The van der Waals surface area contributed by atoms with Gasteiger partial charge in [0.15, 0.2) is 0 Å². The fraction of sp³-hybridized carbons (Fsp3) is 0.818. The van der Waals surface area contributed by atoms with E-state index in [9.17, 15) is 14.7 Å². The summed E-state index contributed by atoms with van der Waals surface area (Å²) in [7, 11) is 0. The van der Waals surface area contributed by atoms with Crippen LogP contribution in [-0.4, -0.2) is 23.1 Å². The van der Waals surface area contributed by atoms with Gasteiger partial charge in [-0.3, -0.25) is 9.59 Å². The number of hydrogen-bond acceptors (Lipinski definition) is 3. The summed E-state index contributed by atoms with van der Waals surface area (Å²) in [6.45, 7) is 3.75. The number of esters is 1. The molecule has 1 N–H and O–H groups in total. The number of carbonyl (C=O) groups is 2. The molecule has 2 aliphatic rings. The predicted molar refractivity (Wildman–Crippen MR) is 52.1 cm³/mol. The van der Waals surface area contributed by atoms with Gasteiger partial charge in [-0.2, -0.15) is 0 Å². The van der Waals surface area contributed by atoms with E-state index in [0.717, 1.165) is 12.8 Å². The third kappa shape index (κ3) is 1.52. The van der Waals surface area contributed by atoms with Gasteiger partial charge in [0.25, 0.3) is 0 Å². The first-order valence-electron chi connectivity index (χ1n) is 5.45. The van der Waals surface area contributed by atoms with Gasteiger partial charge in [0.05, 0.1) is 11.8 Å². The van der Waals surface area contributed by atoms with Crippen molar-refractivity contribution in [1.82, 2.24) is 0 Å². The summed E-state index contributed by atoms with van der Waals surface area (Å²) >= 11 is 0. The molecule has 0 amide bonds. The quantitative estimate of drug-likeness (QED) is 0.665. The first-order valence-corrected chi connectivity index (χ1v) is 5.45. The molecule has 2 fully saturated rings. The Kier molecular flexibility index (Phi) is 2.44. The molecule has 0 spiro atoms. The molecular weight excluding hydrogens is 196 g/mol. The highest BCUT2D eigenvalue weighted by Gasteiger charge is 2.52. The van der Waals surface area contributed by atoms with Crippen molar-refractivity contribution >= 4 is 11.9 Å². The Balaban J connectivity index is 2.28. The largest absolute Gasteiger partial charge is 0.481 e. The van der Waals surface area contributed by atoms with Crippen molar-refractivity contribution in [3.05, 3.63) is 0 Å². The van der Waals surface area contributed by atoms with Crippen molar-refractivity contribution < 1.29 is 19.4 Å². The van der Waals surface area contributed by atoms with Crippen LogP contribution in [0, 0.1) is 23.7 Å². The Morgan fingerprint density at radius 1 is 1.40 bits per heavy atom. The summed E-state index contributed by atoms with van der Waals surface area (Å²) in [6, 6.07) is 0. The average Bonchev–Trinajstić information content (AvgIpc) is 2.41. The van der Waals surface area contributed by atoms with Gasteiger partial charge in [-0.1, -0.05) is 6.92 Å². The van der Waals surface area contributed by atoms with Crippen LogP contribution in [-0.2, 0) is 14.3 Å². The highest BCUT2D eigenvalue weighted by atomic mass is 16.6. The Hall–Kier alpha value is -1.06. The molecule has 0 bridgehead atoms. The lowest BCUT2D eigenvalue weighted by molar-refractivity contribution is -0.148. The van der Waals surface area contributed by atoms with Gasteiger partial charge in [-0.25, -0.2) is 0 Å². The highest BCUT2D eigenvalue weighted by Crippen LogP contribution is 2.45. The van der Waals surface area contributed by atoms with Gasteiger partial charge < -0.3 is 9.84 Å². The molecule has 1 heterocycles. The Morgan fingerprint density at radius 2 is 2.07 bits per heavy atom. The second kappa shape index (κ2) is 3.51. The standard InChI is InChI=1S/C11H16O4/c1-5-3-4-7-9(8(5)10(12)13)6(2)15-11(7)14/h5-9H,3-4H2,1-2H3,(H,12,13). The second-order valence-electron chi connectivity index (χ2n) is 4.74. The maximum absolute atomic E-state index is 11.5. The van der Waals surface area contributed by atoms with Gasteiger partial charge in [-0.05, 0) is 25.7 Å². The van der Waals surface area contributed by atoms with E-state index in [1.54, 1.807) is 6.92 Å². The second-order valence-corrected chi connectivity index (χ2v) is 4.74. The highest BCUT2D eigenvalue weighted by molar-refractivity contribution is 5.79. The molecule has 15 heavy (non-hydrogen) atoms. The maximum Gasteiger partial charge on any atom is 0.309 e. The van der Waals surface area contributed by atoms with Crippen molar-refractivity contribution in [3.8, 4) is 0 Å². The van der Waals surface area contributed by atoms with Gasteiger partial charge in [0, 0.05) is 5.92 Å². The topological polar surface area (TPSA) is 63.6 Å². The summed E-state index contributed by atoms with van der Waals surface area (Å²) in [5.74, 6) is -1.59. The number of carbonyl (C=O) groups excluding carboxylic acids is 1. The third-order valence-electron chi connectivity index (χ3n) is 3.86. The fourth-order valence-electron chi connectivity index (χ4n) is 3.10. The number of aliphatic carboxylic acids is 1. The number of carboxylic acid groups (broad SMARTS) is 1. The van der Waals surface area contributed by atoms with E-state index in [1.165, 1.54) is 0 Å². The predicted octanol–water partition coefficient (Wildman–Crippen LogP) is 1.29. The van der Waals surface area contributed by atoms with Crippen LogP contribution in [0.15, 0.2) is 0 Å². The lowest BCUT2D eigenvalue weighted by Crippen LogP contribution is -2.40. The van der Waals surface area contributed by atoms with Gasteiger partial charge in [0.2, 0.25) is 0 Å². The summed E-state index contributed by atoms with van der Waals surface area (Å²) in [5.41, 5.74) is 0. The van der Waals surface area contributed by atoms with Crippen LogP contribution in [0.2, 0.25) is 0 Å². The van der Waals surface area contributed by atoms with Crippen molar-refractivity contribution in [3.63, 3.8) is 0 Å². The molecule has 2 rings (SSSR count).